The van der Waals surface area contributed by atoms with Crippen LogP contribution in [0.4, 0.5) is 14.6 Å². The first-order valence-corrected chi connectivity index (χ1v) is 4.23. The molecule has 1 atom stereocenters. The van der Waals surface area contributed by atoms with Gasteiger partial charge >= 0.3 is 0 Å². The van der Waals surface area contributed by atoms with Crippen molar-refractivity contribution in [3.63, 3.8) is 0 Å². The molecule has 13 heavy (non-hydrogen) atoms. The molecule has 3 nitrogen and oxygen atoms in total. The van der Waals surface area contributed by atoms with Crippen LogP contribution in [-0.4, -0.2) is 15.7 Å². The van der Waals surface area contributed by atoms with E-state index in [2.05, 4.69) is 5.10 Å². The van der Waals surface area contributed by atoms with Crippen molar-refractivity contribution in [2.24, 2.45) is 5.92 Å². The van der Waals surface area contributed by atoms with Crippen molar-refractivity contribution in [2.75, 3.05) is 5.73 Å². The quantitative estimate of drug-likeness (QED) is 0.803. The number of nitrogens with two attached hydrogens (primary N) is 1. The van der Waals surface area contributed by atoms with Gasteiger partial charge in [-0.25, -0.2) is 8.78 Å². The molecule has 1 unspecified atom stereocenters. The van der Waals surface area contributed by atoms with Crippen LogP contribution < -0.4 is 5.73 Å². The van der Waals surface area contributed by atoms with E-state index < -0.39 is 11.8 Å². The highest BCUT2D eigenvalue weighted by atomic mass is 35.5. The number of alkyl halides is 2. The first-order valence-electron chi connectivity index (χ1n) is 3.85. The Bertz CT molecular complexity index is 317. The fraction of sp³-hybridized carbons (Fsp3) is 0.571. The second kappa shape index (κ2) is 2.57. The molecule has 0 amide bonds. The van der Waals surface area contributed by atoms with Gasteiger partial charge in [0.15, 0.2) is 5.82 Å². The number of aromatic nitrogens is 2. The average Bonchev–Trinajstić information content (AvgIpc) is 2.44. The van der Waals surface area contributed by atoms with Crippen molar-refractivity contribution >= 4 is 17.4 Å². The maximum atomic E-state index is 12.5. The molecule has 0 radical (unpaired) electrons. The van der Waals surface area contributed by atoms with Gasteiger partial charge in [0, 0.05) is 25.1 Å². The van der Waals surface area contributed by atoms with E-state index in [0.717, 1.165) is 0 Å². The van der Waals surface area contributed by atoms with Gasteiger partial charge in [0.05, 0.1) is 0 Å². The van der Waals surface area contributed by atoms with Crippen LogP contribution in [0, 0.1) is 5.92 Å². The zero-order valence-electron chi connectivity index (χ0n) is 6.67. The molecule has 1 fully saturated rings. The van der Waals surface area contributed by atoms with Crippen LogP contribution in [-0.2, 0) is 6.54 Å². The lowest BCUT2D eigenvalue weighted by Crippen LogP contribution is -2.05. The highest BCUT2D eigenvalue weighted by Gasteiger charge is 2.56. The molecule has 1 aromatic heterocycles. The smallest absolute Gasteiger partial charge is 0.253 e. The Balaban J connectivity index is 2.03. The molecule has 72 valence electrons. The third-order valence-electron chi connectivity index (χ3n) is 2.11. The van der Waals surface area contributed by atoms with Gasteiger partial charge in [0.25, 0.3) is 5.92 Å². The molecular weight excluding hydrogens is 200 g/mol. The Labute approximate surface area is 78.5 Å². The van der Waals surface area contributed by atoms with E-state index in [1.807, 2.05) is 0 Å². The molecule has 0 spiro atoms. The molecule has 1 heterocycles. The Morgan fingerprint density at radius 2 is 2.38 bits per heavy atom. The second-order valence-electron chi connectivity index (χ2n) is 3.25. The summed E-state index contributed by atoms with van der Waals surface area (Å²) >= 11 is 5.61. The summed E-state index contributed by atoms with van der Waals surface area (Å²) in [6, 6.07) is 0. The zero-order valence-corrected chi connectivity index (χ0v) is 7.43. The summed E-state index contributed by atoms with van der Waals surface area (Å²) in [6.07, 6.45) is 1.40. The lowest BCUT2D eigenvalue weighted by molar-refractivity contribution is 0.0942. The maximum absolute atomic E-state index is 12.5. The molecule has 2 N–H and O–H groups in total. The molecule has 1 aromatic rings. The molecule has 0 aromatic carbocycles. The first kappa shape index (κ1) is 8.74. The largest absolute Gasteiger partial charge is 0.381 e. The number of nitrogens with zero attached hydrogens (tertiary/aromatic N) is 2. The van der Waals surface area contributed by atoms with Gasteiger partial charge in [-0.3, -0.25) is 4.68 Å². The lowest BCUT2D eigenvalue weighted by Gasteiger charge is -1.98. The van der Waals surface area contributed by atoms with Crippen LogP contribution in [0.25, 0.3) is 0 Å². The summed E-state index contributed by atoms with van der Waals surface area (Å²) in [4.78, 5) is 0. The summed E-state index contributed by atoms with van der Waals surface area (Å²) in [5, 5.41) is 4.09. The third kappa shape index (κ3) is 1.60. The summed E-state index contributed by atoms with van der Waals surface area (Å²) in [5.74, 6) is -2.94. The van der Waals surface area contributed by atoms with Crippen LogP contribution in [0.1, 0.15) is 6.42 Å². The van der Waals surface area contributed by atoms with Gasteiger partial charge in [-0.1, -0.05) is 11.6 Å². The number of rotatable bonds is 2. The van der Waals surface area contributed by atoms with Crippen LogP contribution in [0.2, 0.25) is 5.02 Å². The van der Waals surface area contributed by atoms with Gasteiger partial charge in [-0.15, -0.1) is 0 Å². The van der Waals surface area contributed by atoms with Gasteiger partial charge < -0.3 is 5.73 Å². The zero-order chi connectivity index (χ0) is 9.64. The molecule has 2 rings (SSSR count). The predicted octanol–water partition coefficient (Wildman–Crippen LogP) is 1.77. The standard InChI is InChI=1S/C7H8ClF2N3/c8-5-3-13(12-6(5)11)2-4-1-7(4,9)10/h3-4H,1-2H2,(H2,11,12). The minimum Gasteiger partial charge on any atom is -0.381 e. The number of halogens is 3. The second-order valence-corrected chi connectivity index (χ2v) is 3.65. The van der Waals surface area contributed by atoms with Gasteiger partial charge in [0.2, 0.25) is 0 Å². The van der Waals surface area contributed by atoms with Crippen LogP contribution in [0.15, 0.2) is 6.20 Å². The fourth-order valence-corrected chi connectivity index (χ4v) is 1.35. The van der Waals surface area contributed by atoms with E-state index in [0.29, 0.717) is 5.02 Å². The third-order valence-corrected chi connectivity index (χ3v) is 2.40. The monoisotopic (exact) mass is 207 g/mol. The minimum atomic E-state index is -2.52. The molecule has 0 saturated heterocycles. The number of hydrogen-bond acceptors (Lipinski definition) is 2. The normalized spacial score (nSPS) is 24.7. The topological polar surface area (TPSA) is 43.8 Å². The summed E-state index contributed by atoms with van der Waals surface area (Å²) in [6.45, 7) is 0.184. The van der Waals surface area contributed by atoms with Crippen molar-refractivity contribution in [3.8, 4) is 0 Å². The maximum Gasteiger partial charge on any atom is 0.253 e. The molecule has 0 bridgehead atoms. The van der Waals surface area contributed by atoms with E-state index in [4.69, 9.17) is 17.3 Å². The van der Waals surface area contributed by atoms with Crippen LogP contribution in [0.3, 0.4) is 0 Å². The number of nitrogen functional groups attached to an aromatic ring is 1. The van der Waals surface area contributed by atoms with E-state index in [9.17, 15) is 8.78 Å². The molecule has 1 aliphatic carbocycles. The average molecular weight is 208 g/mol. The summed E-state index contributed by atoms with van der Waals surface area (Å²) in [7, 11) is 0. The highest BCUT2D eigenvalue weighted by molar-refractivity contribution is 6.32. The molecule has 0 aliphatic heterocycles. The van der Waals surface area contributed by atoms with Crippen LogP contribution in [0.5, 0.6) is 0 Å². The Kier molecular flexibility index (Phi) is 1.73. The number of hydrogen-bond donors (Lipinski definition) is 1. The van der Waals surface area contributed by atoms with Gasteiger partial charge in [0.1, 0.15) is 5.02 Å². The summed E-state index contributed by atoms with van der Waals surface area (Å²) < 4.78 is 26.3. The van der Waals surface area contributed by atoms with Crippen molar-refractivity contribution < 1.29 is 8.78 Å². The van der Waals surface area contributed by atoms with E-state index >= 15 is 0 Å². The predicted molar refractivity (Wildman–Crippen MR) is 44.7 cm³/mol. The Morgan fingerprint density at radius 3 is 2.77 bits per heavy atom. The fourth-order valence-electron chi connectivity index (χ4n) is 1.20. The van der Waals surface area contributed by atoms with Crippen molar-refractivity contribution in [1.82, 2.24) is 9.78 Å². The van der Waals surface area contributed by atoms with Crippen molar-refractivity contribution in [3.05, 3.63) is 11.2 Å². The van der Waals surface area contributed by atoms with Crippen LogP contribution >= 0.6 is 11.6 Å². The van der Waals surface area contributed by atoms with Gasteiger partial charge in [-0.2, -0.15) is 5.10 Å². The molecule has 1 aliphatic rings. The SMILES string of the molecule is Nc1nn(CC2CC2(F)F)cc1Cl. The van der Waals surface area contributed by atoms with E-state index in [1.54, 1.807) is 0 Å². The Hall–Kier alpha value is -0.840. The van der Waals surface area contributed by atoms with Gasteiger partial charge in [-0.05, 0) is 0 Å². The molecule has 6 heteroatoms. The first-order chi connectivity index (χ1) is 5.99. The number of anilines is 1. The molecular formula is C7H8ClF2N3. The Morgan fingerprint density at radius 1 is 1.77 bits per heavy atom. The van der Waals surface area contributed by atoms with E-state index in [-0.39, 0.29) is 18.8 Å². The summed E-state index contributed by atoms with van der Waals surface area (Å²) in [5.41, 5.74) is 5.35. The lowest BCUT2D eigenvalue weighted by atomic mass is 10.4. The highest BCUT2D eigenvalue weighted by Crippen LogP contribution is 2.49. The van der Waals surface area contributed by atoms with Crippen molar-refractivity contribution in [1.29, 1.82) is 0 Å². The van der Waals surface area contributed by atoms with E-state index in [1.165, 1.54) is 10.9 Å². The molecule has 1 saturated carbocycles. The van der Waals surface area contributed by atoms with Crippen molar-refractivity contribution in [2.45, 2.75) is 18.9 Å². The minimum absolute atomic E-state index is 0.0651.